The van der Waals surface area contributed by atoms with Crippen LogP contribution in [-0.2, 0) is 9.59 Å². The molecule has 2 atom stereocenters. The molecule has 3 N–H and O–H groups in total. The monoisotopic (exact) mass is 474 g/mol. The third-order valence-corrected chi connectivity index (χ3v) is 6.81. The molecule has 2 aromatic carbocycles. The van der Waals surface area contributed by atoms with E-state index in [1.165, 1.54) is 5.56 Å². The Labute approximate surface area is 209 Å². The first-order chi connectivity index (χ1) is 16.7. The summed E-state index contributed by atoms with van der Waals surface area (Å²) in [5.74, 6) is 0.209. The molecule has 1 fully saturated rings. The van der Waals surface area contributed by atoms with Crippen molar-refractivity contribution in [2.24, 2.45) is 10.7 Å². The highest BCUT2D eigenvalue weighted by molar-refractivity contribution is 6.03. The van der Waals surface area contributed by atoms with E-state index in [-0.39, 0.29) is 24.3 Å². The van der Waals surface area contributed by atoms with Crippen LogP contribution in [0, 0.1) is 0 Å². The van der Waals surface area contributed by atoms with E-state index in [9.17, 15) is 9.59 Å². The molecule has 6 heteroatoms. The number of nitrogens with zero attached hydrogens (tertiary/aromatic N) is 2. The van der Waals surface area contributed by atoms with Gasteiger partial charge in [0.05, 0.1) is 12.5 Å². The Morgan fingerprint density at radius 3 is 2.20 bits per heavy atom. The van der Waals surface area contributed by atoms with Gasteiger partial charge in [-0.2, -0.15) is 0 Å². The zero-order chi connectivity index (χ0) is 25.5. The highest BCUT2D eigenvalue weighted by atomic mass is 16.2. The van der Waals surface area contributed by atoms with Gasteiger partial charge in [-0.25, -0.2) is 0 Å². The van der Waals surface area contributed by atoms with E-state index in [4.69, 9.17) is 5.73 Å². The average molecular weight is 475 g/mol. The lowest BCUT2D eigenvalue weighted by molar-refractivity contribution is -0.138. The number of nitrogens with two attached hydrogens (primary N) is 1. The van der Waals surface area contributed by atoms with Crippen molar-refractivity contribution in [1.82, 2.24) is 10.2 Å². The fourth-order valence-electron chi connectivity index (χ4n) is 4.59. The van der Waals surface area contributed by atoms with Crippen molar-refractivity contribution in [3.8, 4) is 0 Å². The number of hydrogen-bond acceptors (Lipinski definition) is 4. The van der Waals surface area contributed by atoms with Gasteiger partial charge in [0.2, 0.25) is 11.8 Å². The molecule has 6 nitrogen and oxygen atoms in total. The minimum Gasteiger partial charge on any atom is -0.402 e. The molecular formula is C29H38N4O2. The molecule has 0 aliphatic carbocycles. The molecule has 0 spiro atoms. The Kier molecular flexibility index (Phi) is 8.85. The number of rotatable bonds is 8. The van der Waals surface area contributed by atoms with Gasteiger partial charge < -0.3 is 16.0 Å². The lowest BCUT2D eigenvalue weighted by Crippen LogP contribution is -2.47. The number of carbonyl (C=O) groups excluding carboxylic acids is 2. The summed E-state index contributed by atoms with van der Waals surface area (Å²) in [7, 11) is 1.69. The molecule has 1 saturated heterocycles. The van der Waals surface area contributed by atoms with Crippen LogP contribution < -0.4 is 11.1 Å². The van der Waals surface area contributed by atoms with E-state index in [0.29, 0.717) is 24.6 Å². The van der Waals surface area contributed by atoms with Crippen LogP contribution in [0.25, 0.3) is 0 Å². The molecule has 1 aliphatic heterocycles. The van der Waals surface area contributed by atoms with Crippen molar-refractivity contribution in [1.29, 1.82) is 0 Å². The smallest absolute Gasteiger partial charge is 0.243 e. The minimum atomic E-state index is -0.498. The van der Waals surface area contributed by atoms with Crippen LogP contribution in [0.15, 0.2) is 70.9 Å². The standard InChI is InChI=1S/C29H38N4O2/c1-19(2)22-13-15-24(16-14-22)28(23-10-7-6-8-11-23)32-29(35)26-12-9-17-33(26)27(34)18-25(20(3)30)21(4)31-5/h6-8,10-11,13-16,19,26,28H,9,12,17-18,30H2,1-5H3,(H,32,35)/t26-,28-/m0/s1. The summed E-state index contributed by atoms with van der Waals surface area (Å²) in [6.45, 7) is 8.52. The maximum Gasteiger partial charge on any atom is 0.243 e. The van der Waals surface area contributed by atoms with E-state index < -0.39 is 6.04 Å². The Hall–Kier alpha value is -3.41. The first-order valence-electron chi connectivity index (χ1n) is 12.4. The van der Waals surface area contributed by atoms with Crippen LogP contribution >= 0.6 is 0 Å². The number of amides is 2. The molecular weight excluding hydrogens is 436 g/mol. The van der Waals surface area contributed by atoms with Gasteiger partial charge in [-0.15, -0.1) is 0 Å². The SMILES string of the molecule is CN=C(C)C(CC(=O)N1CCC[C@H]1C(=O)N[C@@H](c1ccccc1)c1ccc(C(C)C)cc1)=C(C)N. The summed E-state index contributed by atoms with van der Waals surface area (Å²) < 4.78 is 0. The lowest BCUT2D eigenvalue weighted by Gasteiger charge is -2.28. The molecule has 0 unspecified atom stereocenters. The number of allylic oxidation sites excluding steroid dienone is 1. The second-order valence-corrected chi connectivity index (χ2v) is 9.57. The van der Waals surface area contributed by atoms with Gasteiger partial charge in [-0.3, -0.25) is 14.6 Å². The molecule has 2 amide bonds. The zero-order valence-electron chi connectivity index (χ0n) is 21.5. The summed E-state index contributed by atoms with van der Waals surface area (Å²) in [5.41, 5.74) is 11.4. The van der Waals surface area contributed by atoms with Crippen molar-refractivity contribution in [3.63, 3.8) is 0 Å². The molecule has 186 valence electrons. The van der Waals surface area contributed by atoms with Gasteiger partial charge in [0, 0.05) is 30.6 Å². The van der Waals surface area contributed by atoms with Gasteiger partial charge in [0.1, 0.15) is 6.04 Å². The number of benzene rings is 2. The van der Waals surface area contributed by atoms with Crippen molar-refractivity contribution in [2.75, 3.05) is 13.6 Å². The van der Waals surface area contributed by atoms with Crippen molar-refractivity contribution in [2.45, 2.75) is 65.0 Å². The van der Waals surface area contributed by atoms with E-state index in [1.807, 2.05) is 37.3 Å². The zero-order valence-corrected chi connectivity index (χ0v) is 21.5. The topological polar surface area (TPSA) is 87.8 Å². The number of hydrogen-bond donors (Lipinski definition) is 2. The molecule has 0 saturated carbocycles. The Morgan fingerprint density at radius 2 is 1.63 bits per heavy atom. The third-order valence-electron chi connectivity index (χ3n) is 6.81. The predicted octanol–water partition coefficient (Wildman–Crippen LogP) is 4.72. The summed E-state index contributed by atoms with van der Waals surface area (Å²) in [6, 6.07) is 17.6. The van der Waals surface area contributed by atoms with Crippen molar-refractivity contribution >= 4 is 17.5 Å². The second kappa shape index (κ2) is 11.8. The summed E-state index contributed by atoms with van der Waals surface area (Å²) in [4.78, 5) is 32.7. The van der Waals surface area contributed by atoms with Crippen LogP contribution in [0.4, 0.5) is 0 Å². The first kappa shape index (κ1) is 26.2. The number of likely N-dealkylation sites (tertiary alicyclic amines) is 1. The van der Waals surface area contributed by atoms with Gasteiger partial charge in [-0.1, -0.05) is 68.4 Å². The molecule has 3 rings (SSSR count). The van der Waals surface area contributed by atoms with Gasteiger partial charge in [-0.05, 0) is 49.3 Å². The number of aliphatic imine (C=N–C) groups is 1. The first-order valence-corrected chi connectivity index (χ1v) is 12.4. The summed E-state index contributed by atoms with van der Waals surface area (Å²) >= 11 is 0. The van der Waals surface area contributed by atoms with E-state index >= 15 is 0 Å². The van der Waals surface area contributed by atoms with Gasteiger partial charge in [0.25, 0.3) is 0 Å². The molecule has 1 heterocycles. The molecule has 35 heavy (non-hydrogen) atoms. The molecule has 2 aromatic rings. The highest BCUT2D eigenvalue weighted by Gasteiger charge is 2.35. The summed E-state index contributed by atoms with van der Waals surface area (Å²) in [5, 5.41) is 3.24. The predicted molar refractivity (Wildman–Crippen MR) is 142 cm³/mol. The fourth-order valence-corrected chi connectivity index (χ4v) is 4.59. The van der Waals surface area contributed by atoms with Crippen LogP contribution in [0.5, 0.6) is 0 Å². The number of carbonyl (C=O) groups is 2. The Morgan fingerprint density at radius 1 is 1.03 bits per heavy atom. The lowest BCUT2D eigenvalue weighted by atomic mass is 9.95. The van der Waals surface area contributed by atoms with E-state index in [0.717, 1.165) is 28.8 Å². The second-order valence-electron chi connectivity index (χ2n) is 9.57. The number of nitrogens with one attached hydrogen (secondary N) is 1. The average Bonchev–Trinajstić information content (AvgIpc) is 3.36. The van der Waals surface area contributed by atoms with Gasteiger partial charge >= 0.3 is 0 Å². The van der Waals surface area contributed by atoms with Gasteiger partial charge in [0.15, 0.2) is 0 Å². The third kappa shape index (κ3) is 6.38. The molecule has 0 aromatic heterocycles. The highest BCUT2D eigenvalue weighted by Crippen LogP contribution is 2.27. The quantitative estimate of drug-likeness (QED) is 0.543. The van der Waals surface area contributed by atoms with E-state index in [2.05, 4.69) is 48.4 Å². The fraction of sp³-hybridized carbons (Fsp3) is 0.414. The normalized spacial score (nSPS) is 17.8. The van der Waals surface area contributed by atoms with Crippen LogP contribution in [0.1, 0.15) is 75.6 Å². The maximum atomic E-state index is 13.5. The Balaban J connectivity index is 1.82. The van der Waals surface area contributed by atoms with Crippen LogP contribution in [-0.4, -0.2) is 42.1 Å². The minimum absolute atomic E-state index is 0.0944. The molecule has 1 aliphatic rings. The van der Waals surface area contributed by atoms with Crippen LogP contribution in [0.3, 0.4) is 0 Å². The summed E-state index contributed by atoms with van der Waals surface area (Å²) in [6.07, 6.45) is 1.59. The van der Waals surface area contributed by atoms with Crippen molar-refractivity contribution in [3.05, 3.63) is 82.6 Å². The Bertz CT molecular complexity index is 1080. The maximum absolute atomic E-state index is 13.5. The molecule has 0 bridgehead atoms. The largest absolute Gasteiger partial charge is 0.402 e. The van der Waals surface area contributed by atoms with E-state index in [1.54, 1.807) is 18.9 Å². The molecule has 0 radical (unpaired) electrons. The van der Waals surface area contributed by atoms with Crippen LogP contribution in [0.2, 0.25) is 0 Å². The van der Waals surface area contributed by atoms with Crippen molar-refractivity contribution < 1.29 is 9.59 Å².